The molecule has 2 aromatic carbocycles. The van der Waals surface area contributed by atoms with Crippen molar-refractivity contribution in [1.82, 2.24) is 4.90 Å². The minimum Gasteiger partial charge on any atom is -0.336 e. The van der Waals surface area contributed by atoms with E-state index in [1.165, 1.54) is 12.1 Å². The lowest BCUT2D eigenvalue weighted by atomic mass is 10.0. The largest absolute Gasteiger partial charge is 0.336 e. The molecule has 0 N–H and O–H groups in total. The van der Waals surface area contributed by atoms with Gasteiger partial charge < -0.3 is 4.90 Å². The van der Waals surface area contributed by atoms with E-state index in [2.05, 4.69) is 0 Å². The number of thioether (sulfide) groups is 1. The number of carbonyl (C=O) groups is 2. The van der Waals surface area contributed by atoms with Crippen LogP contribution in [-0.4, -0.2) is 29.4 Å². The summed E-state index contributed by atoms with van der Waals surface area (Å²) in [6.07, 6.45) is 4.22. The highest BCUT2D eigenvalue weighted by Crippen LogP contribution is 2.32. The van der Waals surface area contributed by atoms with Crippen LogP contribution < -0.4 is 0 Å². The Labute approximate surface area is 157 Å². The van der Waals surface area contributed by atoms with Crippen molar-refractivity contribution in [2.45, 2.75) is 36.6 Å². The lowest BCUT2D eigenvalue weighted by Gasteiger charge is -2.25. The van der Waals surface area contributed by atoms with Crippen LogP contribution in [0.25, 0.3) is 0 Å². The first kappa shape index (κ1) is 18.6. The average Bonchev–Trinajstić information content (AvgIpc) is 3.16. The number of nitrogens with zero attached hydrogens (tertiary/aromatic N) is 1. The van der Waals surface area contributed by atoms with Crippen molar-refractivity contribution in [2.75, 3.05) is 12.8 Å². The number of likely N-dealkylation sites (tertiary alicyclic amines) is 1. The van der Waals surface area contributed by atoms with Crippen LogP contribution in [0.4, 0.5) is 4.39 Å². The predicted molar refractivity (Wildman–Crippen MR) is 102 cm³/mol. The zero-order valence-electron chi connectivity index (χ0n) is 14.8. The van der Waals surface area contributed by atoms with Gasteiger partial charge in [0.05, 0.1) is 6.04 Å². The van der Waals surface area contributed by atoms with Crippen LogP contribution in [0.5, 0.6) is 0 Å². The first-order chi connectivity index (χ1) is 12.6. The lowest BCUT2D eigenvalue weighted by molar-refractivity contribution is -0.132. The molecule has 0 spiro atoms. The van der Waals surface area contributed by atoms with Crippen molar-refractivity contribution in [1.29, 1.82) is 0 Å². The van der Waals surface area contributed by atoms with Gasteiger partial charge in [-0.3, -0.25) is 9.59 Å². The summed E-state index contributed by atoms with van der Waals surface area (Å²) in [5.74, 6) is -0.294. The Morgan fingerprint density at radius 2 is 1.77 bits per heavy atom. The number of benzene rings is 2. The van der Waals surface area contributed by atoms with Gasteiger partial charge in [0, 0.05) is 29.8 Å². The molecule has 1 saturated heterocycles. The van der Waals surface area contributed by atoms with Gasteiger partial charge in [-0.25, -0.2) is 4.39 Å². The second-order valence-corrected chi connectivity index (χ2v) is 7.33. The van der Waals surface area contributed by atoms with Gasteiger partial charge in [-0.2, -0.15) is 0 Å². The first-order valence-corrected chi connectivity index (χ1v) is 10.0. The Hall–Kier alpha value is -2.14. The summed E-state index contributed by atoms with van der Waals surface area (Å²) in [6.45, 7) is 0.692. The molecule has 0 unspecified atom stereocenters. The fourth-order valence-electron chi connectivity index (χ4n) is 3.38. The van der Waals surface area contributed by atoms with Crippen molar-refractivity contribution in [3.8, 4) is 0 Å². The third-order valence-corrected chi connectivity index (χ3v) is 5.55. The van der Waals surface area contributed by atoms with Gasteiger partial charge in [-0.05, 0) is 48.9 Å². The normalized spacial score (nSPS) is 16.7. The first-order valence-electron chi connectivity index (χ1n) is 8.80. The molecule has 0 aliphatic carbocycles. The van der Waals surface area contributed by atoms with Gasteiger partial charge in [0.2, 0.25) is 5.91 Å². The van der Waals surface area contributed by atoms with E-state index in [0.717, 1.165) is 23.3 Å². The Bertz CT molecular complexity index is 774. The average molecular weight is 371 g/mol. The van der Waals surface area contributed by atoms with Gasteiger partial charge in [-0.1, -0.05) is 24.3 Å². The van der Waals surface area contributed by atoms with E-state index in [-0.39, 0.29) is 36.4 Å². The molecule has 0 radical (unpaired) electrons. The van der Waals surface area contributed by atoms with Crippen LogP contribution in [-0.2, 0) is 4.79 Å². The molecule has 0 saturated carbocycles. The Morgan fingerprint density at radius 1 is 1.08 bits per heavy atom. The number of rotatable bonds is 6. The summed E-state index contributed by atoms with van der Waals surface area (Å²) in [4.78, 5) is 27.9. The molecule has 1 aliphatic heterocycles. The van der Waals surface area contributed by atoms with E-state index < -0.39 is 0 Å². The van der Waals surface area contributed by atoms with Crippen LogP contribution in [0.2, 0.25) is 0 Å². The van der Waals surface area contributed by atoms with Crippen LogP contribution >= 0.6 is 11.8 Å². The van der Waals surface area contributed by atoms with Gasteiger partial charge in [0.1, 0.15) is 5.82 Å². The topological polar surface area (TPSA) is 37.4 Å². The molecular weight excluding hydrogens is 349 g/mol. The van der Waals surface area contributed by atoms with Crippen molar-refractivity contribution in [3.05, 3.63) is 65.5 Å². The fraction of sp³-hybridized carbons (Fsp3) is 0.333. The SMILES string of the molecule is CSc1ccc(C(=O)CCC(=O)N2CCC[C@H]2c2ccc(F)cc2)cc1. The number of hydrogen-bond acceptors (Lipinski definition) is 3. The third-order valence-electron chi connectivity index (χ3n) is 4.81. The number of ketones is 1. The molecule has 136 valence electrons. The molecule has 2 aromatic rings. The molecule has 0 aromatic heterocycles. The smallest absolute Gasteiger partial charge is 0.223 e. The molecule has 3 rings (SSSR count). The van der Waals surface area contributed by atoms with Crippen molar-refractivity contribution >= 4 is 23.5 Å². The number of hydrogen-bond donors (Lipinski definition) is 0. The van der Waals surface area contributed by atoms with Crippen LogP contribution in [0.15, 0.2) is 53.4 Å². The van der Waals surface area contributed by atoms with E-state index in [4.69, 9.17) is 0 Å². The number of halogens is 1. The van der Waals surface area contributed by atoms with E-state index >= 15 is 0 Å². The monoisotopic (exact) mass is 371 g/mol. The number of Topliss-reactive ketones (excluding diaryl/α,β-unsaturated/α-hetero) is 1. The Kier molecular flexibility index (Phi) is 6.09. The van der Waals surface area contributed by atoms with Crippen LogP contribution in [0, 0.1) is 5.82 Å². The maximum absolute atomic E-state index is 13.1. The predicted octanol–water partition coefficient (Wildman–Crippen LogP) is 4.87. The summed E-state index contributed by atoms with van der Waals surface area (Å²) >= 11 is 1.63. The van der Waals surface area contributed by atoms with Crippen molar-refractivity contribution in [3.63, 3.8) is 0 Å². The Balaban J connectivity index is 1.59. The molecule has 1 atom stereocenters. The highest BCUT2D eigenvalue weighted by atomic mass is 32.2. The summed E-state index contributed by atoms with van der Waals surface area (Å²) in [7, 11) is 0. The molecule has 1 amide bonds. The lowest BCUT2D eigenvalue weighted by Crippen LogP contribution is -2.30. The summed E-state index contributed by atoms with van der Waals surface area (Å²) < 4.78 is 13.1. The number of carbonyl (C=O) groups excluding carboxylic acids is 2. The maximum atomic E-state index is 13.1. The third kappa shape index (κ3) is 4.33. The van der Waals surface area contributed by atoms with Crippen molar-refractivity contribution < 1.29 is 14.0 Å². The van der Waals surface area contributed by atoms with Crippen LogP contribution in [0.3, 0.4) is 0 Å². The quantitative estimate of drug-likeness (QED) is 0.537. The highest BCUT2D eigenvalue weighted by molar-refractivity contribution is 7.98. The zero-order chi connectivity index (χ0) is 18.5. The molecule has 26 heavy (non-hydrogen) atoms. The second-order valence-electron chi connectivity index (χ2n) is 6.45. The summed E-state index contributed by atoms with van der Waals surface area (Å²) in [5, 5.41) is 0. The molecule has 1 aliphatic rings. The molecule has 1 heterocycles. The fourth-order valence-corrected chi connectivity index (χ4v) is 3.79. The second kappa shape index (κ2) is 8.49. The molecule has 0 bridgehead atoms. The molecule has 3 nitrogen and oxygen atoms in total. The zero-order valence-corrected chi connectivity index (χ0v) is 15.6. The molecule has 5 heteroatoms. The van der Waals surface area contributed by atoms with E-state index in [1.54, 1.807) is 23.9 Å². The minimum atomic E-state index is -0.275. The Morgan fingerprint density at radius 3 is 2.42 bits per heavy atom. The number of amides is 1. The van der Waals surface area contributed by atoms with E-state index in [1.807, 2.05) is 35.4 Å². The summed E-state index contributed by atoms with van der Waals surface area (Å²) in [5.41, 5.74) is 1.60. The summed E-state index contributed by atoms with van der Waals surface area (Å²) in [6, 6.07) is 13.8. The van der Waals surface area contributed by atoms with Gasteiger partial charge >= 0.3 is 0 Å². The van der Waals surface area contributed by atoms with Crippen molar-refractivity contribution in [2.24, 2.45) is 0 Å². The standard InChI is InChI=1S/C21H22FNO2S/c1-26-18-10-6-16(7-11-18)20(24)12-13-21(25)23-14-2-3-19(23)15-4-8-17(22)9-5-15/h4-11,19H,2-3,12-14H2,1H3/t19-/m0/s1. The van der Waals surface area contributed by atoms with Crippen LogP contribution in [0.1, 0.15) is 47.6 Å². The van der Waals surface area contributed by atoms with Gasteiger partial charge in [-0.15, -0.1) is 11.8 Å². The highest BCUT2D eigenvalue weighted by Gasteiger charge is 2.29. The van der Waals surface area contributed by atoms with E-state index in [0.29, 0.717) is 12.1 Å². The molecular formula is C21H22FNO2S. The van der Waals surface area contributed by atoms with E-state index in [9.17, 15) is 14.0 Å². The minimum absolute atomic E-state index is 0.00842. The van der Waals surface area contributed by atoms with Gasteiger partial charge in [0.15, 0.2) is 5.78 Å². The molecule has 1 fully saturated rings. The maximum Gasteiger partial charge on any atom is 0.223 e. The van der Waals surface area contributed by atoms with Gasteiger partial charge in [0.25, 0.3) is 0 Å².